The quantitative estimate of drug-likeness (QED) is 0.491. The van der Waals surface area contributed by atoms with Gasteiger partial charge in [0.2, 0.25) is 5.54 Å². The summed E-state index contributed by atoms with van der Waals surface area (Å²) in [5, 5.41) is 18.6. The van der Waals surface area contributed by atoms with Crippen LogP contribution in [0.1, 0.15) is 6.92 Å². The van der Waals surface area contributed by atoms with Crippen LogP contribution in [0.2, 0.25) is 0 Å². The van der Waals surface area contributed by atoms with Crippen LogP contribution in [0.25, 0.3) is 0 Å². The highest BCUT2D eigenvalue weighted by Crippen LogP contribution is 2.14. The highest BCUT2D eigenvalue weighted by atomic mass is 15.4. The fraction of sp³-hybridized carbons (Fsp3) is 0.500. The molecule has 0 amide bonds. The zero-order valence-corrected chi connectivity index (χ0v) is 4.87. The summed E-state index contributed by atoms with van der Waals surface area (Å²) in [5.41, 5.74) is 4.25. The molecule has 2 N–H and O–H groups in total. The first-order valence-electron chi connectivity index (χ1n) is 2.36. The monoisotopic (exact) mass is 123 g/mol. The van der Waals surface area contributed by atoms with Crippen molar-refractivity contribution in [1.29, 1.82) is 5.26 Å². The number of rotatable bonds is 0. The lowest BCUT2D eigenvalue weighted by atomic mass is 10.1. The van der Waals surface area contributed by atoms with Crippen molar-refractivity contribution in [2.45, 2.75) is 12.5 Å². The molecular weight excluding hydrogens is 118 g/mol. The van der Waals surface area contributed by atoms with Gasteiger partial charge in [-0.3, -0.25) is 0 Å². The Morgan fingerprint density at radius 1 is 1.78 bits per heavy atom. The van der Waals surface area contributed by atoms with Gasteiger partial charge < -0.3 is 5.73 Å². The summed E-state index contributed by atoms with van der Waals surface area (Å²) in [4.78, 5) is 0. The predicted octanol–water partition coefficient (Wildman–Crippen LogP) is 0.00668. The second-order valence-corrected chi connectivity index (χ2v) is 1.86. The predicted molar refractivity (Wildman–Crippen MR) is 30.5 cm³/mol. The molecule has 0 radical (unpaired) electrons. The number of nitrogens with zero attached hydrogens (tertiary/aromatic N) is 4. The molecule has 46 valence electrons. The van der Waals surface area contributed by atoms with Gasteiger partial charge in [0.1, 0.15) is 6.07 Å². The number of hydrogen-bond donors (Lipinski definition) is 1. The Kier molecular flexibility index (Phi) is 0.960. The van der Waals surface area contributed by atoms with Gasteiger partial charge in [-0.15, -0.1) is 10.2 Å². The average Bonchev–Trinajstić information content (AvgIpc) is 2.15. The first-order valence-corrected chi connectivity index (χ1v) is 2.36. The zero-order valence-electron chi connectivity index (χ0n) is 4.87. The van der Waals surface area contributed by atoms with E-state index in [1.54, 1.807) is 6.92 Å². The van der Waals surface area contributed by atoms with Crippen molar-refractivity contribution in [3.05, 3.63) is 0 Å². The Hall–Kier alpha value is -1.44. The van der Waals surface area contributed by atoms with Crippen molar-refractivity contribution in [1.82, 2.24) is 0 Å². The minimum Gasteiger partial charge on any atom is -0.383 e. The lowest BCUT2D eigenvalue weighted by molar-refractivity contribution is 0.766. The Bertz CT molecular complexity index is 222. The van der Waals surface area contributed by atoms with Gasteiger partial charge in [0.15, 0.2) is 5.84 Å². The van der Waals surface area contributed by atoms with Crippen LogP contribution in [0, 0.1) is 11.3 Å². The van der Waals surface area contributed by atoms with E-state index in [2.05, 4.69) is 15.4 Å². The van der Waals surface area contributed by atoms with Crippen molar-refractivity contribution < 1.29 is 0 Å². The molecule has 0 fully saturated rings. The van der Waals surface area contributed by atoms with Crippen LogP contribution >= 0.6 is 0 Å². The van der Waals surface area contributed by atoms with Gasteiger partial charge in [-0.1, -0.05) is 0 Å². The molecule has 0 aromatic rings. The molecule has 5 heteroatoms. The van der Waals surface area contributed by atoms with Gasteiger partial charge in [0.05, 0.1) is 0 Å². The topological polar surface area (TPSA) is 86.9 Å². The zero-order chi connectivity index (χ0) is 6.91. The summed E-state index contributed by atoms with van der Waals surface area (Å²) in [5.74, 6) is 0.157. The third kappa shape index (κ3) is 0.643. The number of nitriles is 1. The van der Waals surface area contributed by atoms with Crippen LogP contribution < -0.4 is 5.73 Å². The summed E-state index contributed by atoms with van der Waals surface area (Å²) in [6, 6.07) is 1.87. The normalized spacial score (nSPS) is 31.8. The Morgan fingerprint density at radius 3 is 2.67 bits per heavy atom. The molecule has 9 heavy (non-hydrogen) atoms. The van der Waals surface area contributed by atoms with Crippen LogP contribution in [0.15, 0.2) is 15.4 Å². The standard InChI is InChI=1S/C4H5N5/c1-4(2-5)3(6)7-9-8-4/h1H3,(H2,6,7,8). The first-order chi connectivity index (χ1) is 4.19. The SMILES string of the molecule is CC1(C#N)N=NN=C1N. The van der Waals surface area contributed by atoms with E-state index in [-0.39, 0.29) is 5.84 Å². The molecule has 0 bridgehead atoms. The molecule has 0 spiro atoms. The lowest BCUT2D eigenvalue weighted by Gasteiger charge is -2.05. The van der Waals surface area contributed by atoms with Gasteiger partial charge >= 0.3 is 0 Å². The minimum atomic E-state index is -1.01. The minimum absolute atomic E-state index is 0.157. The molecule has 0 aliphatic carbocycles. The largest absolute Gasteiger partial charge is 0.383 e. The van der Waals surface area contributed by atoms with Gasteiger partial charge in [0, 0.05) is 0 Å². The maximum absolute atomic E-state index is 8.43. The van der Waals surface area contributed by atoms with Crippen LogP contribution in [-0.4, -0.2) is 11.4 Å². The molecule has 0 aromatic carbocycles. The Labute approximate surface area is 51.9 Å². The van der Waals surface area contributed by atoms with E-state index >= 15 is 0 Å². The van der Waals surface area contributed by atoms with Gasteiger partial charge in [-0.05, 0) is 12.1 Å². The summed E-state index contributed by atoms with van der Waals surface area (Å²) in [6.45, 7) is 1.56. The van der Waals surface area contributed by atoms with Crippen molar-refractivity contribution in [3.8, 4) is 6.07 Å². The van der Waals surface area contributed by atoms with E-state index in [0.717, 1.165) is 0 Å². The number of nitrogens with two attached hydrogens (primary N) is 1. The Balaban J connectivity index is 2.99. The van der Waals surface area contributed by atoms with Crippen LogP contribution in [0.4, 0.5) is 0 Å². The molecule has 1 atom stereocenters. The number of hydrogen-bond acceptors (Lipinski definition) is 5. The second-order valence-electron chi connectivity index (χ2n) is 1.86. The lowest BCUT2D eigenvalue weighted by Crippen LogP contribution is -2.35. The van der Waals surface area contributed by atoms with Crippen molar-refractivity contribution in [3.63, 3.8) is 0 Å². The molecule has 1 heterocycles. The second kappa shape index (κ2) is 1.52. The van der Waals surface area contributed by atoms with E-state index in [4.69, 9.17) is 11.0 Å². The maximum atomic E-state index is 8.43. The van der Waals surface area contributed by atoms with Crippen LogP contribution in [0.5, 0.6) is 0 Å². The molecule has 0 saturated carbocycles. The molecule has 1 rings (SSSR count). The maximum Gasteiger partial charge on any atom is 0.224 e. The van der Waals surface area contributed by atoms with E-state index in [9.17, 15) is 0 Å². The summed E-state index contributed by atoms with van der Waals surface area (Å²) >= 11 is 0. The molecule has 5 nitrogen and oxygen atoms in total. The Morgan fingerprint density at radius 2 is 2.44 bits per heavy atom. The number of amidine groups is 1. The van der Waals surface area contributed by atoms with Crippen molar-refractivity contribution in [2.24, 2.45) is 21.2 Å². The third-order valence-electron chi connectivity index (χ3n) is 1.11. The first kappa shape index (κ1) is 5.69. The van der Waals surface area contributed by atoms with Gasteiger partial charge in [-0.2, -0.15) is 5.26 Å². The van der Waals surface area contributed by atoms with Crippen LogP contribution in [0.3, 0.4) is 0 Å². The molecule has 1 aliphatic heterocycles. The average molecular weight is 123 g/mol. The van der Waals surface area contributed by atoms with E-state index in [1.165, 1.54) is 0 Å². The smallest absolute Gasteiger partial charge is 0.224 e. The van der Waals surface area contributed by atoms with E-state index in [1.807, 2.05) is 6.07 Å². The van der Waals surface area contributed by atoms with Gasteiger partial charge in [-0.25, -0.2) is 0 Å². The molecule has 0 saturated heterocycles. The highest BCUT2D eigenvalue weighted by molar-refractivity contribution is 5.93. The van der Waals surface area contributed by atoms with Crippen molar-refractivity contribution in [2.75, 3.05) is 0 Å². The molecular formula is C4H5N5. The fourth-order valence-corrected chi connectivity index (χ4v) is 0.388. The van der Waals surface area contributed by atoms with Crippen molar-refractivity contribution >= 4 is 5.84 Å². The summed E-state index contributed by atoms with van der Waals surface area (Å²) < 4.78 is 0. The summed E-state index contributed by atoms with van der Waals surface area (Å²) in [6.07, 6.45) is 0. The van der Waals surface area contributed by atoms with E-state index in [0.29, 0.717) is 0 Å². The fourth-order valence-electron chi connectivity index (χ4n) is 0.388. The van der Waals surface area contributed by atoms with Crippen LogP contribution in [-0.2, 0) is 0 Å². The third-order valence-corrected chi connectivity index (χ3v) is 1.11. The summed E-state index contributed by atoms with van der Waals surface area (Å²) in [7, 11) is 0. The van der Waals surface area contributed by atoms with E-state index < -0.39 is 5.54 Å². The molecule has 1 unspecified atom stereocenters. The molecule has 1 aliphatic rings. The molecule has 0 aromatic heterocycles. The highest BCUT2D eigenvalue weighted by Gasteiger charge is 2.32. The van der Waals surface area contributed by atoms with Gasteiger partial charge in [0.25, 0.3) is 0 Å².